The van der Waals surface area contributed by atoms with Crippen LogP contribution in [0, 0.1) is 17.2 Å². The second-order valence-electron chi connectivity index (χ2n) is 7.57. The molecule has 0 bridgehead atoms. The Morgan fingerprint density at radius 3 is 2.32 bits per heavy atom. The molecule has 0 saturated carbocycles. The van der Waals surface area contributed by atoms with Crippen molar-refractivity contribution in [2.24, 2.45) is 5.92 Å². The van der Waals surface area contributed by atoms with E-state index in [4.69, 9.17) is 16.9 Å². The minimum absolute atomic E-state index is 0.0953. The molecule has 1 heterocycles. The third kappa shape index (κ3) is 4.93. The van der Waals surface area contributed by atoms with Gasteiger partial charge in [0.05, 0.1) is 16.5 Å². The highest BCUT2D eigenvalue weighted by molar-refractivity contribution is 7.89. The molecule has 1 aliphatic heterocycles. The number of nitrogens with one attached hydrogen (secondary N) is 1. The summed E-state index contributed by atoms with van der Waals surface area (Å²) in [5.41, 5.74) is 3.16. The Morgan fingerprint density at radius 1 is 1.13 bits per heavy atom. The predicted octanol–water partition coefficient (Wildman–Crippen LogP) is 4.38. The van der Waals surface area contributed by atoms with Crippen LogP contribution in [0.3, 0.4) is 0 Å². The van der Waals surface area contributed by atoms with Crippen LogP contribution in [0.4, 0.5) is 5.69 Å². The van der Waals surface area contributed by atoms with Gasteiger partial charge < -0.3 is 5.32 Å². The summed E-state index contributed by atoms with van der Waals surface area (Å²) >= 11 is 6.33. The summed E-state index contributed by atoms with van der Waals surface area (Å²) in [7, 11) is -3.65. The monoisotopic (exact) mass is 459 g/mol. The number of halogens is 1. The van der Waals surface area contributed by atoms with Gasteiger partial charge in [-0.2, -0.15) is 9.57 Å². The number of anilines is 1. The lowest BCUT2D eigenvalue weighted by Gasteiger charge is -2.31. The van der Waals surface area contributed by atoms with Crippen molar-refractivity contribution in [1.82, 2.24) is 4.31 Å². The topological polar surface area (TPSA) is 90.3 Å². The van der Waals surface area contributed by atoms with Crippen LogP contribution in [0.5, 0.6) is 0 Å². The Bertz CT molecular complexity index is 1100. The van der Waals surface area contributed by atoms with Gasteiger partial charge in [0.25, 0.3) is 0 Å². The van der Waals surface area contributed by atoms with Crippen molar-refractivity contribution in [2.45, 2.75) is 44.4 Å². The molecule has 8 heteroatoms. The van der Waals surface area contributed by atoms with Crippen LogP contribution < -0.4 is 5.32 Å². The SMILES string of the molecule is CCc1ccc(Cl)c(CC)c1NC(=O)C1CCN(S(=O)(=O)c2ccc(C#N)cc2)CC1. The molecular formula is C23H26ClN3O3S. The minimum atomic E-state index is -3.65. The summed E-state index contributed by atoms with van der Waals surface area (Å²) in [4.78, 5) is 13.1. The molecule has 0 radical (unpaired) electrons. The molecule has 0 aromatic heterocycles. The molecule has 0 atom stereocenters. The van der Waals surface area contributed by atoms with E-state index < -0.39 is 10.0 Å². The van der Waals surface area contributed by atoms with E-state index in [-0.39, 0.29) is 29.8 Å². The molecule has 2 aromatic rings. The number of sulfonamides is 1. The lowest BCUT2D eigenvalue weighted by molar-refractivity contribution is -0.120. The smallest absolute Gasteiger partial charge is 0.243 e. The van der Waals surface area contributed by atoms with Crippen LogP contribution in [0.2, 0.25) is 5.02 Å². The van der Waals surface area contributed by atoms with E-state index >= 15 is 0 Å². The Morgan fingerprint density at radius 2 is 1.77 bits per heavy atom. The van der Waals surface area contributed by atoms with Crippen molar-refractivity contribution in [3.05, 3.63) is 58.1 Å². The molecule has 1 saturated heterocycles. The van der Waals surface area contributed by atoms with Crippen LogP contribution in [0.15, 0.2) is 41.3 Å². The molecular weight excluding hydrogens is 434 g/mol. The average molecular weight is 460 g/mol. The van der Waals surface area contributed by atoms with Crippen LogP contribution in [-0.2, 0) is 27.7 Å². The number of hydrogen-bond acceptors (Lipinski definition) is 4. The fourth-order valence-electron chi connectivity index (χ4n) is 3.90. The number of amides is 1. The number of nitrogens with zero attached hydrogens (tertiary/aromatic N) is 2. The van der Waals surface area contributed by atoms with Crippen molar-refractivity contribution in [3.63, 3.8) is 0 Å². The van der Waals surface area contributed by atoms with Crippen molar-refractivity contribution >= 4 is 33.2 Å². The Labute approximate surface area is 188 Å². The van der Waals surface area contributed by atoms with Gasteiger partial charge in [0, 0.05) is 29.7 Å². The second kappa shape index (κ2) is 9.82. The van der Waals surface area contributed by atoms with E-state index in [1.165, 1.54) is 28.6 Å². The number of carbonyl (C=O) groups is 1. The summed E-state index contributed by atoms with van der Waals surface area (Å²) in [6.45, 7) is 4.59. The maximum Gasteiger partial charge on any atom is 0.243 e. The Hall–Kier alpha value is -2.40. The third-order valence-electron chi connectivity index (χ3n) is 5.77. The molecule has 31 heavy (non-hydrogen) atoms. The molecule has 3 rings (SSSR count). The van der Waals surface area contributed by atoms with Gasteiger partial charge in [0.1, 0.15) is 0 Å². The maximum absolute atomic E-state index is 13.0. The first-order chi connectivity index (χ1) is 14.8. The first-order valence-corrected chi connectivity index (χ1v) is 12.2. The minimum Gasteiger partial charge on any atom is -0.325 e. The fraction of sp³-hybridized carbons (Fsp3) is 0.391. The van der Waals surface area contributed by atoms with Gasteiger partial charge in [0.2, 0.25) is 15.9 Å². The molecule has 0 aliphatic carbocycles. The zero-order chi connectivity index (χ0) is 22.6. The first kappa shape index (κ1) is 23.3. The molecule has 1 amide bonds. The van der Waals surface area contributed by atoms with Gasteiger partial charge in [-0.15, -0.1) is 0 Å². The zero-order valence-corrected chi connectivity index (χ0v) is 19.3. The average Bonchev–Trinajstić information content (AvgIpc) is 2.79. The maximum atomic E-state index is 13.0. The van der Waals surface area contributed by atoms with Gasteiger partial charge >= 0.3 is 0 Å². The van der Waals surface area contributed by atoms with E-state index in [2.05, 4.69) is 5.32 Å². The van der Waals surface area contributed by atoms with Crippen LogP contribution >= 0.6 is 11.6 Å². The standard InChI is InChI=1S/C23H26ClN3O3S/c1-3-17-7-10-21(24)20(4-2)22(17)26-23(28)18-11-13-27(14-12-18)31(29,30)19-8-5-16(15-25)6-9-19/h5-10,18H,3-4,11-14H2,1-2H3,(H,26,28). The van der Waals surface area contributed by atoms with Gasteiger partial charge in [-0.3, -0.25) is 4.79 Å². The van der Waals surface area contributed by atoms with Crippen molar-refractivity contribution in [3.8, 4) is 6.07 Å². The largest absolute Gasteiger partial charge is 0.325 e. The number of benzene rings is 2. The summed E-state index contributed by atoms with van der Waals surface area (Å²) in [6.07, 6.45) is 2.39. The molecule has 164 valence electrons. The summed E-state index contributed by atoms with van der Waals surface area (Å²) in [5.74, 6) is -0.358. The van der Waals surface area contributed by atoms with Crippen molar-refractivity contribution in [2.75, 3.05) is 18.4 Å². The number of hydrogen-bond donors (Lipinski definition) is 1. The van der Waals surface area contributed by atoms with Crippen LogP contribution in [-0.4, -0.2) is 31.7 Å². The highest BCUT2D eigenvalue weighted by Gasteiger charge is 2.32. The number of piperidine rings is 1. The van der Waals surface area contributed by atoms with Crippen LogP contribution in [0.1, 0.15) is 43.4 Å². The zero-order valence-electron chi connectivity index (χ0n) is 17.7. The quantitative estimate of drug-likeness (QED) is 0.694. The van der Waals surface area contributed by atoms with E-state index in [0.717, 1.165) is 23.2 Å². The molecule has 0 spiro atoms. The van der Waals surface area contributed by atoms with Gasteiger partial charge in [0.15, 0.2) is 0 Å². The van der Waals surface area contributed by atoms with Gasteiger partial charge in [-0.25, -0.2) is 8.42 Å². The molecule has 6 nitrogen and oxygen atoms in total. The van der Waals surface area contributed by atoms with E-state index in [1.807, 2.05) is 32.0 Å². The molecule has 1 fully saturated rings. The highest BCUT2D eigenvalue weighted by Crippen LogP contribution is 2.31. The lowest BCUT2D eigenvalue weighted by Crippen LogP contribution is -2.41. The number of rotatable bonds is 6. The van der Waals surface area contributed by atoms with Crippen molar-refractivity contribution in [1.29, 1.82) is 5.26 Å². The van der Waals surface area contributed by atoms with Crippen LogP contribution in [0.25, 0.3) is 0 Å². The number of carbonyl (C=O) groups excluding carboxylic acids is 1. The molecule has 1 N–H and O–H groups in total. The highest BCUT2D eigenvalue weighted by atomic mass is 35.5. The molecule has 0 unspecified atom stereocenters. The van der Waals surface area contributed by atoms with E-state index in [1.54, 1.807) is 0 Å². The van der Waals surface area contributed by atoms with E-state index in [0.29, 0.717) is 29.8 Å². The lowest BCUT2D eigenvalue weighted by atomic mass is 9.96. The van der Waals surface area contributed by atoms with Gasteiger partial charge in [-0.05, 0) is 67.1 Å². The summed E-state index contributed by atoms with van der Waals surface area (Å²) in [5, 5.41) is 12.6. The Balaban J connectivity index is 1.69. The van der Waals surface area contributed by atoms with Gasteiger partial charge in [-0.1, -0.05) is 31.5 Å². The molecule has 1 aliphatic rings. The number of nitriles is 1. The molecule has 2 aromatic carbocycles. The van der Waals surface area contributed by atoms with E-state index in [9.17, 15) is 13.2 Å². The fourth-order valence-corrected chi connectivity index (χ4v) is 5.66. The van der Waals surface area contributed by atoms with Crippen molar-refractivity contribution < 1.29 is 13.2 Å². The first-order valence-electron chi connectivity index (χ1n) is 10.4. The Kier molecular flexibility index (Phi) is 7.37. The summed E-state index contributed by atoms with van der Waals surface area (Å²) in [6, 6.07) is 11.7. The predicted molar refractivity (Wildman–Crippen MR) is 121 cm³/mol. The summed E-state index contributed by atoms with van der Waals surface area (Å²) < 4.78 is 27.2. The number of aryl methyl sites for hydroxylation is 1. The normalized spacial score (nSPS) is 15.4. The third-order valence-corrected chi connectivity index (χ3v) is 8.04. The second-order valence-corrected chi connectivity index (χ2v) is 9.92.